The Hall–Kier alpha value is -2.05. The maximum Gasteiger partial charge on any atom is 0.374 e. The summed E-state index contributed by atoms with van der Waals surface area (Å²) < 4.78 is 16.6. The second kappa shape index (κ2) is 8.56. The molecule has 1 aliphatic heterocycles. The standard InChI is InChI=1S/C20H27NO5/c1-3-24-20(23)19-14(2)18-16(8-7-9-17(18)26-19)25-13-15(22)12-21-10-5-4-6-11-21/h7-9,15,22H,3-6,10-13H2,1-2H3/t15-/m0/s1. The number of ether oxygens (including phenoxy) is 2. The fraction of sp³-hybridized carbons (Fsp3) is 0.550. The third-order valence-electron chi connectivity index (χ3n) is 4.73. The van der Waals surface area contributed by atoms with Crippen LogP contribution in [0.2, 0.25) is 0 Å². The molecule has 0 saturated carbocycles. The maximum atomic E-state index is 12.0. The van der Waals surface area contributed by atoms with Gasteiger partial charge in [0, 0.05) is 12.1 Å². The molecule has 1 fully saturated rings. The zero-order valence-corrected chi connectivity index (χ0v) is 15.5. The molecule has 1 N–H and O–H groups in total. The zero-order valence-electron chi connectivity index (χ0n) is 15.5. The van der Waals surface area contributed by atoms with Crippen molar-refractivity contribution in [3.8, 4) is 5.75 Å². The summed E-state index contributed by atoms with van der Waals surface area (Å²) in [6.07, 6.45) is 3.10. The van der Waals surface area contributed by atoms with E-state index in [9.17, 15) is 9.90 Å². The number of β-amino-alcohol motifs (C(OH)–C–C–N with tert-alkyl or cyclic N) is 1. The minimum Gasteiger partial charge on any atom is -0.490 e. The van der Waals surface area contributed by atoms with Gasteiger partial charge in [-0.3, -0.25) is 0 Å². The SMILES string of the molecule is CCOC(=O)c1oc2cccc(OC[C@@H](O)CN3CCCCC3)c2c1C. The number of esters is 1. The molecule has 0 bridgehead atoms. The second-order valence-corrected chi connectivity index (χ2v) is 6.73. The summed E-state index contributed by atoms with van der Waals surface area (Å²) in [5.74, 6) is 0.334. The smallest absolute Gasteiger partial charge is 0.374 e. The van der Waals surface area contributed by atoms with Gasteiger partial charge in [0.1, 0.15) is 24.0 Å². The van der Waals surface area contributed by atoms with E-state index in [4.69, 9.17) is 13.9 Å². The number of piperidine rings is 1. The van der Waals surface area contributed by atoms with Gasteiger partial charge in [0.15, 0.2) is 0 Å². The summed E-state index contributed by atoms with van der Waals surface area (Å²) in [5.41, 5.74) is 1.27. The van der Waals surface area contributed by atoms with Crippen molar-refractivity contribution in [2.45, 2.75) is 39.2 Å². The summed E-state index contributed by atoms with van der Waals surface area (Å²) in [6, 6.07) is 5.43. The number of benzene rings is 1. The quantitative estimate of drug-likeness (QED) is 0.764. The van der Waals surface area contributed by atoms with E-state index in [1.807, 2.05) is 19.1 Å². The van der Waals surface area contributed by atoms with Crippen molar-refractivity contribution in [3.05, 3.63) is 29.5 Å². The molecular weight excluding hydrogens is 334 g/mol. The zero-order chi connectivity index (χ0) is 18.5. The largest absolute Gasteiger partial charge is 0.490 e. The number of furan rings is 1. The van der Waals surface area contributed by atoms with Gasteiger partial charge in [-0.2, -0.15) is 0 Å². The number of rotatable bonds is 7. The predicted octanol–water partition coefficient (Wildman–Crippen LogP) is 3.14. The van der Waals surface area contributed by atoms with Gasteiger partial charge >= 0.3 is 5.97 Å². The van der Waals surface area contributed by atoms with Crippen molar-refractivity contribution < 1.29 is 23.8 Å². The van der Waals surface area contributed by atoms with Crippen LogP contribution in [0.25, 0.3) is 11.0 Å². The number of carbonyl (C=O) groups is 1. The van der Waals surface area contributed by atoms with Crippen LogP contribution in [0.15, 0.2) is 22.6 Å². The molecule has 0 unspecified atom stereocenters. The highest BCUT2D eigenvalue weighted by atomic mass is 16.5. The third-order valence-corrected chi connectivity index (χ3v) is 4.73. The Balaban J connectivity index is 1.70. The van der Waals surface area contributed by atoms with Gasteiger partial charge in [-0.05, 0) is 51.9 Å². The molecule has 2 aromatic rings. The van der Waals surface area contributed by atoms with Gasteiger partial charge in [-0.25, -0.2) is 4.79 Å². The Bertz CT molecular complexity index is 748. The lowest BCUT2D eigenvalue weighted by molar-refractivity contribution is 0.0491. The number of nitrogens with zero attached hydrogens (tertiary/aromatic N) is 1. The molecule has 1 aromatic heterocycles. The normalized spacial score (nSPS) is 16.6. The highest BCUT2D eigenvalue weighted by Gasteiger charge is 2.22. The summed E-state index contributed by atoms with van der Waals surface area (Å²) in [5, 5.41) is 11.1. The van der Waals surface area contributed by atoms with E-state index < -0.39 is 12.1 Å². The van der Waals surface area contributed by atoms with E-state index in [-0.39, 0.29) is 12.4 Å². The molecule has 1 aliphatic rings. The molecule has 0 radical (unpaired) electrons. The first-order chi connectivity index (χ1) is 12.6. The van der Waals surface area contributed by atoms with Crippen LogP contribution in [0.1, 0.15) is 42.3 Å². The molecule has 0 spiro atoms. The van der Waals surface area contributed by atoms with Crippen molar-refractivity contribution in [1.82, 2.24) is 4.90 Å². The minimum absolute atomic E-state index is 0.201. The molecule has 1 atom stereocenters. The van der Waals surface area contributed by atoms with E-state index in [2.05, 4.69) is 4.90 Å². The highest BCUT2D eigenvalue weighted by molar-refractivity contribution is 5.98. The van der Waals surface area contributed by atoms with Gasteiger partial charge in [-0.1, -0.05) is 12.5 Å². The molecule has 2 heterocycles. The van der Waals surface area contributed by atoms with E-state index in [0.717, 1.165) is 18.5 Å². The molecular formula is C20H27NO5. The number of likely N-dealkylation sites (tertiary alicyclic amines) is 1. The van der Waals surface area contributed by atoms with E-state index in [0.29, 0.717) is 30.0 Å². The predicted molar refractivity (Wildman–Crippen MR) is 98.7 cm³/mol. The van der Waals surface area contributed by atoms with Crippen molar-refractivity contribution >= 4 is 16.9 Å². The van der Waals surface area contributed by atoms with Crippen LogP contribution in [0, 0.1) is 6.92 Å². The van der Waals surface area contributed by atoms with Gasteiger partial charge in [-0.15, -0.1) is 0 Å². The Morgan fingerprint density at radius 1 is 1.31 bits per heavy atom. The Morgan fingerprint density at radius 3 is 2.81 bits per heavy atom. The monoisotopic (exact) mass is 361 g/mol. The first-order valence-electron chi connectivity index (χ1n) is 9.32. The van der Waals surface area contributed by atoms with Crippen LogP contribution in [-0.4, -0.2) is 54.9 Å². The van der Waals surface area contributed by atoms with Crippen LogP contribution in [0.3, 0.4) is 0 Å². The number of aliphatic hydroxyl groups is 1. The van der Waals surface area contributed by atoms with Crippen LogP contribution in [0.5, 0.6) is 5.75 Å². The summed E-state index contributed by atoms with van der Waals surface area (Å²) in [6.45, 7) is 6.76. The Labute approximate surface area is 153 Å². The van der Waals surface area contributed by atoms with Crippen LogP contribution in [-0.2, 0) is 4.74 Å². The summed E-state index contributed by atoms with van der Waals surface area (Å²) in [7, 11) is 0. The van der Waals surface area contributed by atoms with E-state index >= 15 is 0 Å². The summed E-state index contributed by atoms with van der Waals surface area (Å²) in [4.78, 5) is 14.3. The minimum atomic E-state index is -0.555. The number of hydrogen-bond donors (Lipinski definition) is 1. The van der Waals surface area contributed by atoms with Gasteiger partial charge in [0.25, 0.3) is 0 Å². The number of fused-ring (bicyclic) bond motifs is 1. The van der Waals surface area contributed by atoms with Gasteiger partial charge in [0.2, 0.25) is 5.76 Å². The highest BCUT2D eigenvalue weighted by Crippen LogP contribution is 2.33. The molecule has 0 aliphatic carbocycles. The number of carbonyl (C=O) groups excluding carboxylic acids is 1. The Kier molecular flexibility index (Phi) is 6.16. The molecule has 142 valence electrons. The van der Waals surface area contributed by atoms with Crippen LogP contribution in [0.4, 0.5) is 0 Å². The number of aliphatic hydroxyl groups excluding tert-OH is 1. The molecule has 26 heavy (non-hydrogen) atoms. The Morgan fingerprint density at radius 2 is 2.08 bits per heavy atom. The van der Waals surface area contributed by atoms with Crippen molar-refractivity contribution in [2.24, 2.45) is 0 Å². The number of hydrogen-bond acceptors (Lipinski definition) is 6. The average molecular weight is 361 g/mol. The first-order valence-corrected chi connectivity index (χ1v) is 9.32. The second-order valence-electron chi connectivity index (χ2n) is 6.73. The molecule has 0 amide bonds. The average Bonchev–Trinajstić information content (AvgIpc) is 2.99. The molecule has 1 saturated heterocycles. The first kappa shape index (κ1) is 18.7. The van der Waals surface area contributed by atoms with Crippen molar-refractivity contribution in [3.63, 3.8) is 0 Å². The maximum absolute atomic E-state index is 12.0. The lowest BCUT2D eigenvalue weighted by Crippen LogP contribution is -2.38. The fourth-order valence-corrected chi connectivity index (χ4v) is 3.46. The van der Waals surface area contributed by atoms with Crippen molar-refractivity contribution in [2.75, 3.05) is 32.8 Å². The molecule has 3 rings (SSSR count). The molecule has 6 heteroatoms. The molecule has 1 aromatic carbocycles. The van der Waals surface area contributed by atoms with Gasteiger partial charge < -0.3 is 23.9 Å². The van der Waals surface area contributed by atoms with Gasteiger partial charge in [0.05, 0.1) is 12.0 Å². The third kappa shape index (κ3) is 4.19. The number of aryl methyl sites for hydroxylation is 1. The van der Waals surface area contributed by atoms with Crippen LogP contribution < -0.4 is 4.74 Å². The van der Waals surface area contributed by atoms with Crippen LogP contribution >= 0.6 is 0 Å². The van der Waals surface area contributed by atoms with E-state index in [1.165, 1.54) is 19.3 Å². The lowest BCUT2D eigenvalue weighted by atomic mass is 10.1. The fourth-order valence-electron chi connectivity index (χ4n) is 3.46. The lowest BCUT2D eigenvalue weighted by Gasteiger charge is -2.28. The van der Waals surface area contributed by atoms with E-state index in [1.54, 1.807) is 13.0 Å². The summed E-state index contributed by atoms with van der Waals surface area (Å²) >= 11 is 0. The molecule has 6 nitrogen and oxygen atoms in total. The van der Waals surface area contributed by atoms with Crippen molar-refractivity contribution in [1.29, 1.82) is 0 Å². The topological polar surface area (TPSA) is 72.1 Å².